The number of anilines is 2. The zero-order valence-electron chi connectivity index (χ0n) is 18.1. The molecule has 4 heterocycles. The van der Waals surface area contributed by atoms with E-state index in [0.29, 0.717) is 12.5 Å². The second kappa shape index (κ2) is 8.19. The van der Waals surface area contributed by atoms with Crippen LogP contribution in [0.15, 0.2) is 43.1 Å². The van der Waals surface area contributed by atoms with Crippen LogP contribution < -0.4 is 15.5 Å². The largest absolute Gasteiger partial charge is 0.348 e. The van der Waals surface area contributed by atoms with Gasteiger partial charge in [0.2, 0.25) is 0 Å². The molecule has 1 aliphatic carbocycles. The molecule has 2 unspecified atom stereocenters. The van der Waals surface area contributed by atoms with E-state index in [1.54, 1.807) is 18.9 Å². The number of nitrogens with one attached hydrogen (secondary N) is 4. The number of amides is 2. The minimum atomic E-state index is -0.109. The molecule has 10 heteroatoms. The smallest absolute Gasteiger partial charge is 0.315 e. The fourth-order valence-corrected chi connectivity index (χ4v) is 5.03. The number of aryl methyl sites for hydroxylation is 1. The number of hydrogen-bond acceptors (Lipinski definition) is 6. The van der Waals surface area contributed by atoms with Gasteiger partial charge in [-0.3, -0.25) is 5.10 Å². The van der Waals surface area contributed by atoms with Gasteiger partial charge in [-0.1, -0.05) is 18.2 Å². The molecule has 1 aromatic carbocycles. The molecular formula is C23H25N9O. The monoisotopic (exact) mass is 443 g/mol. The summed E-state index contributed by atoms with van der Waals surface area (Å²) in [6.45, 7) is 1.40. The van der Waals surface area contributed by atoms with Gasteiger partial charge in [0.25, 0.3) is 0 Å². The minimum absolute atomic E-state index is 0.109. The maximum absolute atomic E-state index is 12.5. The second-order valence-corrected chi connectivity index (χ2v) is 8.65. The molecule has 10 nitrogen and oxygen atoms in total. The summed E-state index contributed by atoms with van der Waals surface area (Å²) in [4.78, 5) is 31.0. The SMILES string of the molecule is O=C(NCCC1CN(c2ncnc3[nH]ncc23)c2ccccc21)NC1CCc2nc[nH]c2C1. The molecule has 6 rings (SSSR count). The van der Waals surface area contributed by atoms with Crippen LogP contribution in [0.2, 0.25) is 0 Å². The van der Waals surface area contributed by atoms with Gasteiger partial charge in [-0.05, 0) is 30.9 Å². The molecule has 33 heavy (non-hydrogen) atoms. The van der Waals surface area contributed by atoms with Gasteiger partial charge in [-0.15, -0.1) is 0 Å². The van der Waals surface area contributed by atoms with Crippen molar-refractivity contribution in [2.75, 3.05) is 18.0 Å². The highest BCUT2D eigenvalue weighted by atomic mass is 16.2. The first-order valence-corrected chi connectivity index (χ1v) is 11.3. The average molecular weight is 444 g/mol. The van der Waals surface area contributed by atoms with E-state index in [-0.39, 0.29) is 12.1 Å². The van der Waals surface area contributed by atoms with E-state index < -0.39 is 0 Å². The number of aromatic amines is 2. The van der Waals surface area contributed by atoms with Gasteiger partial charge in [0.1, 0.15) is 12.1 Å². The Labute approximate surface area is 190 Å². The highest BCUT2D eigenvalue weighted by Crippen LogP contribution is 2.42. The summed E-state index contributed by atoms with van der Waals surface area (Å²) in [5.74, 6) is 1.14. The number of benzene rings is 1. The van der Waals surface area contributed by atoms with Crippen molar-refractivity contribution in [3.63, 3.8) is 0 Å². The van der Waals surface area contributed by atoms with Gasteiger partial charge < -0.3 is 20.5 Å². The Morgan fingerprint density at radius 3 is 3.12 bits per heavy atom. The Bertz CT molecular complexity index is 1300. The van der Waals surface area contributed by atoms with E-state index in [9.17, 15) is 4.79 Å². The third kappa shape index (κ3) is 3.67. The lowest BCUT2D eigenvalue weighted by molar-refractivity contribution is 0.235. The molecule has 1 aliphatic heterocycles. The molecule has 168 valence electrons. The number of nitrogens with zero attached hydrogens (tertiary/aromatic N) is 5. The summed E-state index contributed by atoms with van der Waals surface area (Å²) in [7, 11) is 0. The maximum Gasteiger partial charge on any atom is 0.315 e. The number of para-hydroxylation sites is 1. The number of carbonyl (C=O) groups is 1. The maximum atomic E-state index is 12.5. The molecular weight excluding hydrogens is 418 g/mol. The molecule has 2 amide bonds. The number of urea groups is 1. The van der Waals surface area contributed by atoms with Crippen molar-refractivity contribution in [1.82, 2.24) is 40.8 Å². The molecule has 0 fully saturated rings. The van der Waals surface area contributed by atoms with E-state index in [1.807, 2.05) is 6.07 Å². The van der Waals surface area contributed by atoms with Crippen molar-refractivity contribution in [2.24, 2.45) is 0 Å². The van der Waals surface area contributed by atoms with Crippen molar-refractivity contribution in [2.45, 2.75) is 37.6 Å². The number of H-pyrrole nitrogens is 2. The molecule has 3 aromatic heterocycles. The molecule has 4 aromatic rings. The normalized spacial score (nSPS) is 19.3. The minimum Gasteiger partial charge on any atom is -0.348 e. The number of aromatic nitrogens is 6. The van der Waals surface area contributed by atoms with Crippen LogP contribution in [0, 0.1) is 0 Å². The fourth-order valence-electron chi connectivity index (χ4n) is 5.03. The van der Waals surface area contributed by atoms with Crippen LogP contribution in [0.5, 0.6) is 0 Å². The van der Waals surface area contributed by atoms with Crippen LogP contribution >= 0.6 is 0 Å². The zero-order chi connectivity index (χ0) is 22.2. The fraction of sp³-hybridized carbons (Fsp3) is 0.348. The van der Waals surface area contributed by atoms with Crippen LogP contribution in [0.25, 0.3) is 11.0 Å². The molecule has 2 aliphatic rings. The van der Waals surface area contributed by atoms with Crippen molar-refractivity contribution in [1.29, 1.82) is 0 Å². The Morgan fingerprint density at radius 1 is 1.21 bits per heavy atom. The molecule has 0 spiro atoms. The van der Waals surface area contributed by atoms with Crippen LogP contribution in [0.3, 0.4) is 0 Å². The van der Waals surface area contributed by atoms with E-state index in [2.05, 4.69) is 63.9 Å². The lowest BCUT2D eigenvalue weighted by atomic mass is 9.96. The summed E-state index contributed by atoms with van der Waals surface area (Å²) in [6.07, 6.45) is 8.52. The lowest BCUT2D eigenvalue weighted by Crippen LogP contribution is -2.45. The lowest BCUT2D eigenvalue weighted by Gasteiger charge is -2.23. The Morgan fingerprint density at radius 2 is 2.15 bits per heavy atom. The van der Waals surface area contributed by atoms with Crippen LogP contribution in [0.4, 0.5) is 16.3 Å². The van der Waals surface area contributed by atoms with Crippen molar-refractivity contribution in [3.8, 4) is 0 Å². The summed E-state index contributed by atoms with van der Waals surface area (Å²) in [5, 5.41) is 14.1. The van der Waals surface area contributed by atoms with Crippen LogP contribution in [-0.2, 0) is 12.8 Å². The summed E-state index contributed by atoms with van der Waals surface area (Å²) >= 11 is 0. The molecule has 2 atom stereocenters. The van der Waals surface area contributed by atoms with E-state index in [1.165, 1.54) is 5.56 Å². The first-order chi connectivity index (χ1) is 16.3. The van der Waals surface area contributed by atoms with Gasteiger partial charge in [-0.25, -0.2) is 19.7 Å². The van der Waals surface area contributed by atoms with E-state index in [4.69, 9.17) is 0 Å². The third-order valence-electron chi connectivity index (χ3n) is 6.65. The van der Waals surface area contributed by atoms with Crippen molar-refractivity contribution >= 4 is 28.6 Å². The van der Waals surface area contributed by atoms with Crippen molar-refractivity contribution < 1.29 is 4.79 Å². The summed E-state index contributed by atoms with van der Waals surface area (Å²) in [5.41, 5.74) is 5.39. The number of imidazole rings is 1. The van der Waals surface area contributed by atoms with Gasteiger partial charge in [0.05, 0.1) is 23.6 Å². The van der Waals surface area contributed by atoms with Gasteiger partial charge in [0.15, 0.2) is 5.65 Å². The zero-order valence-corrected chi connectivity index (χ0v) is 18.1. The number of carbonyl (C=O) groups excluding carboxylic acids is 1. The quantitative estimate of drug-likeness (QED) is 0.375. The van der Waals surface area contributed by atoms with Gasteiger partial charge in [0, 0.05) is 42.9 Å². The van der Waals surface area contributed by atoms with Crippen LogP contribution in [-0.4, -0.2) is 55.3 Å². The predicted octanol–water partition coefficient (Wildman–Crippen LogP) is 2.56. The number of fused-ring (bicyclic) bond motifs is 3. The molecule has 4 N–H and O–H groups in total. The average Bonchev–Trinajstić information content (AvgIpc) is 3.57. The highest BCUT2D eigenvalue weighted by molar-refractivity contribution is 5.90. The van der Waals surface area contributed by atoms with Crippen molar-refractivity contribution in [3.05, 3.63) is 60.1 Å². The first kappa shape index (κ1) is 19.7. The number of rotatable bonds is 5. The Hall–Kier alpha value is -3.95. The van der Waals surface area contributed by atoms with E-state index >= 15 is 0 Å². The van der Waals surface area contributed by atoms with Gasteiger partial charge in [-0.2, -0.15) is 5.10 Å². The number of hydrogen-bond donors (Lipinski definition) is 4. The Balaban J connectivity index is 1.09. The standard InChI is InChI=1S/C23H25N9O/c33-23(30-15-5-6-18-19(9-15)26-12-25-18)24-8-7-14-11-32(20-4-2-1-3-16(14)20)22-17-10-29-31-21(17)27-13-28-22/h1-4,10,12-15H,5-9,11H2,(H,25,26)(H2,24,30,33)(H,27,28,29,31). The third-order valence-corrected chi connectivity index (χ3v) is 6.65. The van der Waals surface area contributed by atoms with E-state index in [0.717, 1.165) is 66.2 Å². The Kier molecular flexibility index (Phi) is 4.89. The summed E-state index contributed by atoms with van der Waals surface area (Å²) < 4.78 is 0. The van der Waals surface area contributed by atoms with Crippen LogP contribution in [0.1, 0.15) is 35.7 Å². The summed E-state index contributed by atoms with van der Waals surface area (Å²) in [6, 6.07) is 8.42. The predicted molar refractivity (Wildman–Crippen MR) is 123 cm³/mol. The second-order valence-electron chi connectivity index (χ2n) is 8.65. The first-order valence-electron chi connectivity index (χ1n) is 11.3. The van der Waals surface area contributed by atoms with Gasteiger partial charge >= 0.3 is 6.03 Å². The molecule has 0 radical (unpaired) electrons. The highest BCUT2D eigenvalue weighted by Gasteiger charge is 2.31. The topological polar surface area (TPSA) is 128 Å². The molecule has 0 saturated carbocycles. The molecule has 0 bridgehead atoms. The molecule has 0 saturated heterocycles.